The van der Waals surface area contributed by atoms with Gasteiger partial charge in [-0.25, -0.2) is 4.90 Å². The van der Waals surface area contributed by atoms with E-state index in [1.807, 2.05) is 32.0 Å². The number of hydrogen-bond donors (Lipinski definition) is 1. The molecule has 0 aliphatic carbocycles. The molecule has 6 heteroatoms. The van der Waals surface area contributed by atoms with Gasteiger partial charge in [-0.15, -0.1) is 0 Å². The first kappa shape index (κ1) is 20.7. The van der Waals surface area contributed by atoms with Gasteiger partial charge in [0.15, 0.2) is 0 Å². The number of anilines is 2. The second-order valence-electron chi connectivity index (χ2n) is 7.32. The standard InChI is InChI=1S/C25H21ClN2O3/c1-15-8-9-16(2)19(14-15)27-23-22(17-10-12-18(26)13-11-17)24(29)28(25(23)30)20-6-4-5-7-21(20)31-3/h4-14,27H,1-3H3. The Bertz CT molecular complexity index is 1220. The Kier molecular flexibility index (Phi) is 5.53. The number of nitrogens with zero attached hydrogens (tertiary/aromatic N) is 1. The van der Waals surface area contributed by atoms with E-state index in [9.17, 15) is 9.59 Å². The van der Waals surface area contributed by atoms with Crippen LogP contribution in [0.2, 0.25) is 5.02 Å². The third-order valence-corrected chi connectivity index (χ3v) is 5.45. The number of methoxy groups -OCH3 is 1. The van der Waals surface area contributed by atoms with Crippen molar-refractivity contribution in [1.82, 2.24) is 0 Å². The summed E-state index contributed by atoms with van der Waals surface area (Å²) in [5, 5.41) is 3.77. The molecule has 3 aromatic carbocycles. The van der Waals surface area contributed by atoms with Crippen LogP contribution in [0.1, 0.15) is 16.7 Å². The molecule has 0 bridgehead atoms. The lowest BCUT2D eigenvalue weighted by Gasteiger charge is -2.18. The monoisotopic (exact) mass is 432 g/mol. The second-order valence-corrected chi connectivity index (χ2v) is 7.75. The van der Waals surface area contributed by atoms with Gasteiger partial charge in [-0.1, -0.05) is 48.0 Å². The summed E-state index contributed by atoms with van der Waals surface area (Å²) in [5.41, 5.74) is 4.27. The smallest absolute Gasteiger partial charge is 0.282 e. The van der Waals surface area contributed by atoms with E-state index in [1.54, 1.807) is 48.5 Å². The highest BCUT2D eigenvalue weighted by Gasteiger charge is 2.41. The highest BCUT2D eigenvalue weighted by atomic mass is 35.5. The molecule has 0 unspecified atom stereocenters. The quantitative estimate of drug-likeness (QED) is 0.551. The van der Waals surface area contributed by atoms with Crippen LogP contribution in [0.3, 0.4) is 0 Å². The van der Waals surface area contributed by atoms with E-state index in [-0.39, 0.29) is 11.3 Å². The second kappa shape index (κ2) is 8.28. The molecule has 1 aliphatic heterocycles. The first-order valence-electron chi connectivity index (χ1n) is 9.77. The zero-order valence-electron chi connectivity index (χ0n) is 17.4. The number of carbonyl (C=O) groups excluding carboxylic acids is 2. The van der Waals surface area contributed by atoms with Crippen molar-refractivity contribution in [2.24, 2.45) is 0 Å². The Hall–Kier alpha value is -3.57. The lowest BCUT2D eigenvalue weighted by Crippen LogP contribution is -2.32. The number of hydrogen-bond acceptors (Lipinski definition) is 4. The third-order valence-electron chi connectivity index (χ3n) is 5.20. The summed E-state index contributed by atoms with van der Waals surface area (Å²) in [4.78, 5) is 28.2. The number of nitrogens with one attached hydrogen (secondary N) is 1. The van der Waals surface area contributed by atoms with Crippen molar-refractivity contribution in [3.05, 3.63) is 94.1 Å². The van der Waals surface area contributed by atoms with Crippen molar-refractivity contribution in [3.8, 4) is 5.75 Å². The van der Waals surface area contributed by atoms with Crippen LogP contribution >= 0.6 is 11.6 Å². The van der Waals surface area contributed by atoms with Gasteiger partial charge in [-0.3, -0.25) is 9.59 Å². The third kappa shape index (κ3) is 3.80. The zero-order valence-corrected chi connectivity index (χ0v) is 18.2. The van der Waals surface area contributed by atoms with E-state index in [0.29, 0.717) is 22.0 Å². The first-order valence-corrected chi connectivity index (χ1v) is 10.1. The van der Waals surface area contributed by atoms with Crippen molar-refractivity contribution in [2.75, 3.05) is 17.3 Å². The number of ether oxygens (including phenoxy) is 1. The molecule has 1 N–H and O–H groups in total. The molecule has 3 aromatic rings. The minimum absolute atomic E-state index is 0.215. The number of imide groups is 1. The number of aryl methyl sites for hydroxylation is 2. The van der Waals surface area contributed by atoms with Crippen molar-refractivity contribution in [3.63, 3.8) is 0 Å². The number of halogens is 1. The van der Waals surface area contributed by atoms with E-state index in [1.165, 1.54) is 7.11 Å². The molecule has 2 amide bonds. The molecule has 5 nitrogen and oxygen atoms in total. The van der Waals surface area contributed by atoms with Crippen molar-refractivity contribution in [2.45, 2.75) is 13.8 Å². The maximum atomic E-state index is 13.5. The predicted molar refractivity (Wildman–Crippen MR) is 123 cm³/mol. The molecule has 0 saturated heterocycles. The fourth-order valence-corrected chi connectivity index (χ4v) is 3.69. The van der Waals surface area contributed by atoms with E-state index in [4.69, 9.17) is 16.3 Å². The van der Waals surface area contributed by atoms with Gasteiger partial charge in [0.25, 0.3) is 11.8 Å². The Morgan fingerprint density at radius 1 is 0.903 bits per heavy atom. The minimum atomic E-state index is -0.444. The molecule has 0 spiro atoms. The molecular formula is C25H21ClN2O3. The van der Waals surface area contributed by atoms with Crippen molar-refractivity contribution in [1.29, 1.82) is 0 Å². The van der Waals surface area contributed by atoms with Gasteiger partial charge < -0.3 is 10.1 Å². The summed E-state index contributed by atoms with van der Waals surface area (Å²) in [6.07, 6.45) is 0. The molecule has 0 saturated carbocycles. The average molecular weight is 433 g/mol. The molecule has 1 aliphatic rings. The number of rotatable bonds is 5. The van der Waals surface area contributed by atoms with Gasteiger partial charge in [0.05, 0.1) is 18.4 Å². The summed E-state index contributed by atoms with van der Waals surface area (Å²) < 4.78 is 5.40. The highest BCUT2D eigenvalue weighted by molar-refractivity contribution is 6.46. The Morgan fingerprint density at radius 3 is 2.32 bits per heavy atom. The van der Waals surface area contributed by atoms with E-state index in [0.717, 1.165) is 21.7 Å². The molecular weight excluding hydrogens is 412 g/mol. The largest absolute Gasteiger partial charge is 0.495 e. The Balaban J connectivity index is 1.87. The van der Waals surface area contributed by atoms with Gasteiger partial charge in [0, 0.05) is 10.7 Å². The molecule has 31 heavy (non-hydrogen) atoms. The highest BCUT2D eigenvalue weighted by Crippen LogP contribution is 2.38. The number of benzene rings is 3. The van der Waals surface area contributed by atoms with E-state index >= 15 is 0 Å². The molecule has 156 valence electrons. The van der Waals surface area contributed by atoms with Crippen molar-refractivity contribution < 1.29 is 14.3 Å². The van der Waals surface area contributed by atoms with E-state index in [2.05, 4.69) is 5.32 Å². The van der Waals surface area contributed by atoms with Crippen molar-refractivity contribution >= 4 is 40.4 Å². The predicted octanol–water partition coefficient (Wildman–Crippen LogP) is 5.36. The summed E-state index contributed by atoms with van der Waals surface area (Å²) in [6, 6.07) is 19.7. The van der Waals surface area contributed by atoms with Gasteiger partial charge in [-0.2, -0.15) is 0 Å². The lowest BCUT2D eigenvalue weighted by atomic mass is 10.0. The maximum absolute atomic E-state index is 13.5. The maximum Gasteiger partial charge on any atom is 0.282 e. The van der Waals surface area contributed by atoms with Crippen LogP contribution in [-0.2, 0) is 9.59 Å². The summed E-state index contributed by atoms with van der Waals surface area (Å²) in [5.74, 6) is -0.433. The summed E-state index contributed by atoms with van der Waals surface area (Å²) in [6.45, 7) is 3.92. The van der Waals surface area contributed by atoms with Crippen LogP contribution in [0, 0.1) is 13.8 Å². The topological polar surface area (TPSA) is 58.6 Å². The molecule has 4 rings (SSSR count). The Labute approximate surface area is 185 Å². The number of para-hydroxylation sites is 2. The SMILES string of the molecule is COc1ccccc1N1C(=O)C(Nc2cc(C)ccc2C)=C(c2ccc(Cl)cc2)C1=O. The van der Waals surface area contributed by atoms with Gasteiger partial charge in [-0.05, 0) is 60.9 Å². The molecule has 0 atom stereocenters. The molecule has 0 fully saturated rings. The Morgan fingerprint density at radius 2 is 1.61 bits per heavy atom. The zero-order chi connectivity index (χ0) is 22.1. The fraction of sp³-hybridized carbons (Fsp3) is 0.120. The van der Waals surface area contributed by atoms with E-state index < -0.39 is 11.8 Å². The van der Waals surface area contributed by atoms with Crippen LogP contribution in [0.25, 0.3) is 5.57 Å². The molecule has 0 aromatic heterocycles. The first-order chi connectivity index (χ1) is 14.9. The summed E-state index contributed by atoms with van der Waals surface area (Å²) in [7, 11) is 1.51. The van der Waals surface area contributed by atoms with Gasteiger partial charge in [0.2, 0.25) is 0 Å². The van der Waals surface area contributed by atoms with Crippen LogP contribution in [0.4, 0.5) is 11.4 Å². The molecule has 0 radical (unpaired) electrons. The van der Waals surface area contributed by atoms with Crippen LogP contribution in [0.15, 0.2) is 72.4 Å². The minimum Gasteiger partial charge on any atom is -0.495 e. The van der Waals surface area contributed by atoms with Gasteiger partial charge >= 0.3 is 0 Å². The normalized spacial score (nSPS) is 13.7. The van der Waals surface area contributed by atoms with Crippen LogP contribution in [-0.4, -0.2) is 18.9 Å². The van der Waals surface area contributed by atoms with Crippen LogP contribution < -0.4 is 15.0 Å². The fourth-order valence-electron chi connectivity index (χ4n) is 3.57. The summed E-state index contributed by atoms with van der Waals surface area (Å²) >= 11 is 6.04. The lowest BCUT2D eigenvalue weighted by molar-refractivity contribution is -0.120. The average Bonchev–Trinajstić information content (AvgIpc) is 3.00. The number of amides is 2. The number of carbonyl (C=O) groups is 2. The van der Waals surface area contributed by atoms with Crippen LogP contribution in [0.5, 0.6) is 5.75 Å². The molecule has 1 heterocycles. The van der Waals surface area contributed by atoms with Gasteiger partial charge in [0.1, 0.15) is 11.4 Å².